The number of benzene rings is 1. The van der Waals surface area contributed by atoms with E-state index >= 15 is 0 Å². The molecule has 0 bridgehead atoms. The number of thiophene rings is 1. The molecule has 1 aromatic carbocycles. The molecule has 8 nitrogen and oxygen atoms in total. The van der Waals surface area contributed by atoms with E-state index in [1.165, 1.54) is 18.4 Å². The summed E-state index contributed by atoms with van der Waals surface area (Å²) in [5, 5.41) is 10.1. The summed E-state index contributed by atoms with van der Waals surface area (Å²) in [6.07, 6.45) is -2.59. The molecule has 3 atom stereocenters. The maximum atomic E-state index is 14.1. The van der Waals surface area contributed by atoms with Crippen molar-refractivity contribution in [2.45, 2.75) is 50.9 Å². The number of rotatable bonds is 5. The number of primary amides is 1. The van der Waals surface area contributed by atoms with Gasteiger partial charge in [0.25, 0.3) is 11.8 Å². The fourth-order valence-electron chi connectivity index (χ4n) is 5.05. The first-order valence-corrected chi connectivity index (χ1v) is 13.6. The van der Waals surface area contributed by atoms with Crippen LogP contribution in [0.15, 0.2) is 28.7 Å². The van der Waals surface area contributed by atoms with Crippen LogP contribution in [-0.2, 0) is 12.8 Å². The van der Waals surface area contributed by atoms with Gasteiger partial charge >= 0.3 is 6.18 Å². The van der Waals surface area contributed by atoms with Crippen molar-refractivity contribution in [3.8, 4) is 5.75 Å². The monoisotopic (exact) mass is 611 g/mol. The Labute approximate surface area is 228 Å². The van der Waals surface area contributed by atoms with E-state index in [9.17, 15) is 22.8 Å². The second kappa shape index (κ2) is 9.92. The number of alkyl halides is 3. The van der Waals surface area contributed by atoms with Gasteiger partial charge in [-0.3, -0.25) is 9.59 Å². The molecule has 38 heavy (non-hydrogen) atoms. The van der Waals surface area contributed by atoms with Crippen LogP contribution in [0.5, 0.6) is 5.75 Å². The number of nitrogens with zero attached hydrogens (tertiary/aromatic N) is 2. The van der Waals surface area contributed by atoms with Gasteiger partial charge in [-0.25, -0.2) is 4.68 Å². The first kappa shape index (κ1) is 26.5. The number of methoxy groups -OCH3 is 1. The summed E-state index contributed by atoms with van der Waals surface area (Å²) in [5.41, 5.74) is 7.14. The summed E-state index contributed by atoms with van der Waals surface area (Å²) in [6, 6.07) is 4.11. The largest absolute Gasteiger partial charge is 0.497 e. The Hall–Kier alpha value is -3.06. The van der Waals surface area contributed by atoms with Gasteiger partial charge in [0, 0.05) is 11.3 Å². The van der Waals surface area contributed by atoms with Crippen LogP contribution in [0.2, 0.25) is 0 Å². The molecule has 202 valence electrons. The molecule has 0 spiro atoms. The lowest BCUT2D eigenvalue weighted by atomic mass is 9.88. The van der Waals surface area contributed by atoms with E-state index in [0.717, 1.165) is 28.0 Å². The normalized spacial score (nSPS) is 20.7. The Bertz CT molecular complexity index is 1400. The molecule has 0 saturated heterocycles. The summed E-state index contributed by atoms with van der Waals surface area (Å²) in [5.74, 6) is -0.335. The Morgan fingerprint density at radius 1 is 1.29 bits per heavy atom. The predicted molar refractivity (Wildman–Crippen MR) is 141 cm³/mol. The lowest BCUT2D eigenvalue weighted by Crippen LogP contribution is -2.35. The van der Waals surface area contributed by atoms with E-state index in [1.54, 1.807) is 24.3 Å². The van der Waals surface area contributed by atoms with E-state index < -0.39 is 30.1 Å². The number of hydrogen-bond donors (Lipinski definition) is 3. The summed E-state index contributed by atoms with van der Waals surface area (Å²) < 4.78 is 48.5. The fraction of sp³-hybridized carbons (Fsp3) is 0.400. The predicted octanol–water partition coefficient (Wildman–Crippen LogP) is 5.85. The van der Waals surface area contributed by atoms with Gasteiger partial charge in [0.2, 0.25) is 0 Å². The molecule has 2 amide bonds. The molecule has 13 heteroatoms. The van der Waals surface area contributed by atoms with Crippen LogP contribution >= 0.6 is 27.3 Å². The van der Waals surface area contributed by atoms with Gasteiger partial charge in [0.15, 0.2) is 11.7 Å². The van der Waals surface area contributed by atoms with Crippen LogP contribution < -0.4 is 21.1 Å². The second-order valence-electron chi connectivity index (χ2n) is 9.59. The van der Waals surface area contributed by atoms with Crippen molar-refractivity contribution in [2.75, 3.05) is 17.7 Å². The highest BCUT2D eigenvalue weighted by Crippen LogP contribution is 2.47. The SMILES string of the molecule is COc1ccc([C@@H]2C[C@H](C(F)(F)F)n3nc(C(=O)Nc4sc5c(c4C(N)=O)CC[C@@H](C)C5)c(Br)c3N2)cc1. The highest BCUT2D eigenvalue weighted by molar-refractivity contribution is 9.10. The summed E-state index contributed by atoms with van der Waals surface area (Å²) >= 11 is 4.57. The van der Waals surface area contributed by atoms with E-state index in [0.29, 0.717) is 23.7 Å². The number of nitrogens with two attached hydrogens (primary N) is 1. The third kappa shape index (κ3) is 4.77. The number of aromatic nitrogens is 2. The van der Waals surface area contributed by atoms with Gasteiger partial charge in [0.05, 0.1) is 23.2 Å². The first-order valence-electron chi connectivity index (χ1n) is 12.0. The lowest BCUT2D eigenvalue weighted by molar-refractivity contribution is -0.173. The Morgan fingerprint density at radius 2 is 2.00 bits per heavy atom. The number of carbonyl (C=O) groups is 2. The standard InChI is InChI=1S/C25H25BrF3N5O3S/c1-11-3-8-14-16(9-11)38-24(18(14)21(30)35)32-23(36)20-19(26)22-31-15(12-4-6-13(37-2)7-5-12)10-17(25(27,28)29)34(22)33-20/h4-7,11,15,17,31H,3,8-10H2,1-2H3,(H2,30,35)(H,32,36)/t11-,15+,17-/m1/s1. The minimum absolute atomic E-state index is 0.0407. The molecule has 4 N–H and O–H groups in total. The van der Waals surface area contributed by atoms with Crippen molar-refractivity contribution < 1.29 is 27.5 Å². The second-order valence-corrected chi connectivity index (χ2v) is 11.5. The van der Waals surface area contributed by atoms with Crippen molar-refractivity contribution >= 4 is 49.9 Å². The zero-order valence-electron chi connectivity index (χ0n) is 20.5. The molecule has 0 fully saturated rings. The lowest BCUT2D eigenvalue weighted by Gasteiger charge is -2.33. The molecule has 1 aliphatic heterocycles. The number of carbonyl (C=O) groups excluding carboxylic acids is 2. The molecule has 0 unspecified atom stereocenters. The highest BCUT2D eigenvalue weighted by atomic mass is 79.9. The van der Waals surface area contributed by atoms with Crippen molar-refractivity contribution in [1.29, 1.82) is 0 Å². The van der Waals surface area contributed by atoms with Gasteiger partial charge in [-0.05, 0) is 64.4 Å². The maximum absolute atomic E-state index is 14.1. The van der Waals surface area contributed by atoms with E-state index in [-0.39, 0.29) is 33.0 Å². The number of nitrogens with one attached hydrogen (secondary N) is 2. The highest BCUT2D eigenvalue weighted by Gasteiger charge is 2.48. The Morgan fingerprint density at radius 3 is 2.63 bits per heavy atom. The zero-order valence-corrected chi connectivity index (χ0v) is 22.9. The molecular weight excluding hydrogens is 587 g/mol. The van der Waals surface area contributed by atoms with Crippen LogP contribution in [0.3, 0.4) is 0 Å². The van der Waals surface area contributed by atoms with E-state index in [1.807, 2.05) is 0 Å². The molecule has 2 aromatic heterocycles. The van der Waals surface area contributed by atoms with Crippen LogP contribution in [0, 0.1) is 5.92 Å². The number of halogens is 4. The maximum Gasteiger partial charge on any atom is 0.410 e. The fourth-order valence-corrected chi connectivity index (χ4v) is 7.02. The average Bonchev–Trinajstić information content (AvgIpc) is 3.39. The number of hydrogen-bond acceptors (Lipinski definition) is 6. The van der Waals surface area contributed by atoms with Gasteiger partial charge in [-0.15, -0.1) is 11.3 Å². The molecule has 0 saturated carbocycles. The van der Waals surface area contributed by atoms with Crippen LogP contribution in [-0.4, -0.2) is 34.9 Å². The molecule has 5 rings (SSSR count). The van der Waals surface area contributed by atoms with Gasteiger partial charge in [0.1, 0.15) is 16.6 Å². The van der Waals surface area contributed by atoms with Crippen molar-refractivity contribution in [3.05, 3.63) is 56.0 Å². The molecular formula is C25H25BrF3N5O3S. The molecule has 0 radical (unpaired) electrons. The van der Waals surface area contributed by atoms with Crippen LogP contribution in [0.4, 0.5) is 24.0 Å². The number of amides is 2. The molecule has 1 aliphatic carbocycles. The Kier molecular flexibility index (Phi) is 6.93. The number of ether oxygens (including phenoxy) is 1. The summed E-state index contributed by atoms with van der Waals surface area (Å²) in [6.45, 7) is 2.11. The quantitative estimate of drug-likeness (QED) is 0.335. The van der Waals surface area contributed by atoms with Crippen molar-refractivity contribution in [2.24, 2.45) is 11.7 Å². The average molecular weight is 612 g/mol. The van der Waals surface area contributed by atoms with Crippen molar-refractivity contribution in [1.82, 2.24) is 9.78 Å². The minimum atomic E-state index is -4.61. The van der Waals surface area contributed by atoms with Crippen molar-refractivity contribution in [3.63, 3.8) is 0 Å². The zero-order chi connectivity index (χ0) is 27.4. The molecule has 2 aliphatic rings. The minimum Gasteiger partial charge on any atom is -0.497 e. The van der Waals surface area contributed by atoms with E-state index in [2.05, 4.69) is 38.6 Å². The Balaban J connectivity index is 1.48. The third-order valence-corrected chi connectivity index (χ3v) is 8.93. The van der Waals surface area contributed by atoms with Gasteiger partial charge < -0.3 is 21.1 Å². The first-order chi connectivity index (χ1) is 18.0. The van der Waals surface area contributed by atoms with E-state index in [4.69, 9.17) is 10.5 Å². The summed E-state index contributed by atoms with van der Waals surface area (Å²) in [7, 11) is 1.51. The topological polar surface area (TPSA) is 111 Å². The third-order valence-electron chi connectivity index (χ3n) is 7.01. The van der Waals surface area contributed by atoms with Gasteiger partial charge in [-0.2, -0.15) is 18.3 Å². The van der Waals surface area contributed by atoms with Crippen LogP contribution in [0.25, 0.3) is 0 Å². The molecule has 3 aromatic rings. The summed E-state index contributed by atoms with van der Waals surface area (Å²) in [4.78, 5) is 26.5. The number of fused-ring (bicyclic) bond motifs is 2. The smallest absolute Gasteiger partial charge is 0.410 e. The molecule has 3 heterocycles. The van der Waals surface area contributed by atoms with Crippen LogP contribution in [0.1, 0.15) is 68.7 Å². The number of anilines is 2. The van der Waals surface area contributed by atoms with Gasteiger partial charge in [-0.1, -0.05) is 19.1 Å².